The lowest BCUT2D eigenvalue weighted by Gasteiger charge is -2.31. The van der Waals surface area contributed by atoms with E-state index in [1.807, 2.05) is 48.6 Å². The van der Waals surface area contributed by atoms with E-state index in [1.54, 1.807) is 35.1 Å². The minimum atomic E-state index is -0.396. The molecule has 0 atom stereocenters. The summed E-state index contributed by atoms with van der Waals surface area (Å²) < 4.78 is 12.5. The summed E-state index contributed by atoms with van der Waals surface area (Å²) in [6.07, 6.45) is 24.7. The fraction of sp³-hybridized carbons (Fsp3) is 0.368. The SMILES string of the molecule is CC(C)(C)c1cc(C=C/C=C/C=C/S)c(C(C)(C)C)c2c3c4c(O)ccc(O)c4c(c12)C#CCCCOCCCC#Cc1c2c(O)ccc(O)c2c(c2c(C(C)(C)C)c(/C=C/C=C/C=C/S)cc(C(C)(C)C)c12)C#CCCCOCCCC#C3. The van der Waals surface area contributed by atoms with Crippen molar-refractivity contribution in [2.24, 2.45) is 0 Å². The number of phenols is 4. The molecule has 8 rings (SSSR count). The molecule has 6 aromatic carbocycles. The Hall–Kier alpha value is -7.14. The summed E-state index contributed by atoms with van der Waals surface area (Å²) >= 11 is 8.46. The van der Waals surface area contributed by atoms with Crippen LogP contribution in [0.15, 0.2) is 95.8 Å². The van der Waals surface area contributed by atoms with Crippen molar-refractivity contribution < 1.29 is 29.9 Å². The summed E-state index contributed by atoms with van der Waals surface area (Å²) in [7, 11) is 0. The predicted octanol–water partition coefficient (Wildman–Crippen LogP) is 18.6. The van der Waals surface area contributed by atoms with Crippen molar-refractivity contribution in [3.05, 3.63) is 151 Å². The Bertz CT molecular complexity index is 3660. The highest BCUT2D eigenvalue weighted by Crippen LogP contribution is 2.51. The van der Waals surface area contributed by atoms with Crippen molar-refractivity contribution in [3.63, 3.8) is 0 Å². The van der Waals surface area contributed by atoms with Gasteiger partial charge in [-0.25, -0.2) is 0 Å². The predicted molar refractivity (Wildman–Crippen MR) is 363 cm³/mol. The topological polar surface area (TPSA) is 99.4 Å². The van der Waals surface area contributed by atoms with Crippen LogP contribution in [-0.2, 0) is 31.1 Å². The number of hydrogen-bond donors (Lipinski definition) is 6. The fourth-order valence-corrected chi connectivity index (χ4v) is 11.4. The van der Waals surface area contributed by atoms with Crippen LogP contribution in [0, 0.1) is 47.4 Å². The second kappa shape index (κ2) is 28.2. The van der Waals surface area contributed by atoms with Gasteiger partial charge in [0, 0.05) is 117 Å². The van der Waals surface area contributed by atoms with E-state index in [2.05, 4.69) is 180 Å². The van der Waals surface area contributed by atoms with Crippen molar-refractivity contribution >= 4 is 80.5 Å². The summed E-state index contributed by atoms with van der Waals surface area (Å²) in [5.41, 5.74) is 7.40. The lowest BCUT2D eigenvalue weighted by Crippen LogP contribution is -2.19. The average molecular weight is 1160 g/mol. The zero-order valence-electron chi connectivity index (χ0n) is 51.4. The van der Waals surface area contributed by atoms with Crippen LogP contribution < -0.4 is 0 Å². The van der Waals surface area contributed by atoms with E-state index in [-0.39, 0.29) is 33.8 Å². The summed E-state index contributed by atoms with van der Waals surface area (Å²) in [5, 5.41) is 56.7. The Kier molecular flexibility index (Phi) is 21.6. The quantitative estimate of drug-likeness (QED) is 0.0327. The molecule has 0 unspecified atom stereocenters. The van der Waals surface area contributed by atoms with Crippen LogP contribution in [0.5, 0.6) is 23.0 Å². The van der Waals surface area contributed by atoms with Crippen molar-refractivity contribution in [3.8, 4) is 70.4 Å². The molecule has 0 aliphatic carbocycles. The molecule has 0 aromatic heterocycles. The number of hydrogen-bond acceptors (Lipinski definition) is 8. The lowest BCUT2D eigenvalue weighted by molar-refractivity contribution is 0.131. The molecule has 2 aliphatic heterocycles. The minimum Gasteiger partial charge on any atom is -0.507 e. The third-order valence-electron chi connectivity index (χ3n) is 14.8. The van der Waals surface area contributed by atoms with E-state index < -0.39 is 10.8 Å². The van der Waals surface area contributed by atoms with E-state index >= 15 is 0 Å². The van der Waals surface area contributed by atoms with Gasteiger partial charge in [-0.15, -0.1) is 0 Å². The molecule has 0 amide bonds. The lowest BCUT2D eigenvalue weighted by atomic mass is 9.72. The molecule has 4 N–H and O–H groups in total. The van der Waals surface area contributed by atoms with Gasteiger partial charge in [0.25, 0.3) is 0 Å². The van der Waals surface area contributed by atoms with Crippen molar-refractivity contribution in [2.75, 3.05) is 26.4 Å². The molecular formula is C76H84O6S2. The monoisotopic (exact) mass is 1160 g/mol. The zero-order valence-corrected chi connectivity index (χ0v) is 53.2. The fourth-order valence-electron chi connectivity index (χ4n) is 11.2. The Morgan fingerprint density at radius 3 is 0.905 bits per heavy atom. The molecule has 2 heterocycles. The van der Waals surface area contributed by atoms with Gasteiger partial charge in [0.1, 0.15) is 23.0 Å². The number of fused-ring (bicyclic) bond motifs is 17. The van der Waals surface area contributed by atoms with Crippen LogP contribution in [0.4, 0.5) is 0 Å². The van der Waals surface area contributed by atoms with Gasteiger partial charge in [-0.1, -0.05) is 203 Å². The first-order valence-electron chi connectivity index (χ1n) is 29.4. The third kappa shape index (κ3) is 15.0. The van der Waals surface area contributed by atoms with Gasteiger partial charge in [0.05, 0.1) is 0 Å². The number of allylic oxidation sites excluding steroid dienone is 8. The van der Waals surface area contributed by atoms with Crippen LogP contribution >= 0.6 is 25.3 Å². The van der Waals surface area contributed by atoms with E-state index in [4.69, 9.17) is 9.47 Å². The van der Waals surface area contributed by atoms with Gasteiger partial charge >= 0.3 is 0 Å². The molecule has 4 bridgehead atoms. The first kappa shape index (κ1) is 64.4. The largest absolute Gasteiger partial charge is 0.507 e. The number of ether oxygens (including phenoxy) is 2. The van der Waals surface area contributed by atoms with Gasteiger partial charge in [-0.05, 0) is 116 Å². The molecule has 0 saturated carbocycles. The number of thiol groups is 2. The Balaban J connectivity index is 1.38. The van der Waals surface area contributed by atoms with E-state index in [1.165, 1.54) is 0 Å². The van der Waals surface area contributed by atoms with Crippen molar-refractivity contribution in [1.82, 2.24) is 0 Å². The van der Waals surface area contributed by atoms with Crippen molar-refractivity contribution in [2.45, 2.75) is 156 Å². The number of benzene rings is 6. The standard InChI is InChI=1S/C76H84O6S2/c1-73(2,3)57-49-51(33-21-13-15-31-47-83)71(75(7,8)9)69-55-37-25-19-29-45-82-46-30-20-26-38-56-68-62(80)42-40-60(78)66(68)54(64-58(74(4,5)6)50-52(34-22-14-16-32-48-84)72(70(56)64)76(10,11)12)36-24-18-28-44-81-43-27-17-23-35-53(63(57)69)65-59(77)39-41-61(79)67(55)65/h13-16,21-22,31-34,39-42,47-50,77-80,83-84H,17-20,27-30,43-46H2,1-12H3/b15-13+,16-14+,33-21+,34-22?,47-31+,48-32+. The minimum absolute atomic E-state index is 0.0216. The second-order valence-electron chi connectivity index (χ2n) is 25.5. The number of phenolic OH excluding ortho intramolecular Hbond substituents is 4. The summed E-state index contributed by atoms with van der Waals surface area (Å²) in [5.74, 6) is 28.3. The molecule has 6 nitrogen and oxygen atoms in total. The Labute approximate surface area is 511 Å². The molecule has 436 valence electrons. The summed E-state index contributed by atoms with van der Waals surface area (Å²) in [4.78, 5) is 0. The molecular weight excluding hydrogens is 1070 g/mol. The Morgan fingerprint density at radius 1 is 0.369 bits per heavy atom. The maximum Gasteiger partial charge on any atom is 0.125 e. The van der Waals surface area contributed by atoms with Gasteiger partial charge in [0.2, 0.25) is 0 Å². The van der Waals surface area contributed by atoms with E-state index in [0.717, 1.165) is 54.9 Å². The van der Waals surface area contributed by atoms with Gasteiger partial charge in [0.15, 0.2) is 0 Å². The molecule has 0 radical (unpaired) electrons. The maximum absolute atomic E-state index is 12.0. The van der Waals surface area contributed by atoms with Gasteiger partial charge in [-0.3, -0.25) is 0 Å². The van der Waals surface area contributed by atoms with Gasteiger partial charge < -0.3 is 29.9 Å². The van der Waals surface area contributed by atoms with Crippen molar-refractivity contribution in [1.29, 1.82) is 0 Å². The molecule has 0 fully saturated rings. The third-order valence-corrected chi connectivity index (χ3v) is 15.1. The summed E-state index contributed by atoms with van der Waals surface area (Å²) in [6.45, 7) is 28.3. The highest BCUT2D eigenvalue weighted by Gasteiger charge is 2.33. The normalized spacial score (nSPS) is 15.2. The highest BCUT2D eigenvalue weighted by atomic mass is 32.1. The first-order chi connectivity index (χ1) is 39.9. The molecule has 2 aliphatic rings. The number of aromatic hydroxyl groups is 4. The van der Waals surface area contributed by atoms with Crippen LogP contribution in [0.2, 0.25) is 0 Å². The second-order valence-corrected chi connectivity index (χ2v) is 26.1. The molecule has 6 aromatic rings. The molecule has 0 spiro atoms. The van der Waals surface area contributed by atoms with Gasteiger partial charge in [-0.2, -0.15) is 25.3 Å². The smallest absolute Gasteiger partial charge is 0.125 e. The van der Waals surface area contributed by atoms with Crippen LogP contribution in [0.1, 0.15) is 190 Å². The molecule has 0 saturated heterocycles. The molecule has 84 heavy (non-hydrogen) atoms. The van der Waals surface area contributed by atoms with Crippen LogP contribution in [0.25, 0.3) is 55.2 Å². The van der Waals surface area contributed by atoms with Crippen LogP contribution in [0.3, 0.4) is 0 Å². The highest BCUT2D eigenvalue weighted by molar-refractivity contribution is 7.83. The number of rotatable bonds is 6. The molecule has 8 heteroatoms. The average Bonchev–Trinajstić information content (AvgIpc) is 0.765. The van der Waals surface area contributed by atoms with E-state index in [9.17, 15) is 20.4 Å². The summed E-state index contributed by atoms with van der Waals surface area (Å²) in [6, 6.07) is 10.7. The van der Waals surface area contributed by atoms with E-state index in [0.29, 0.717) is 122 Å². The maximum atomic E-state index is 12.0. The van der Waals surface area contributed by atoms with Crippen LogP contribution in [-0.4, -0.2) is 46.9 Å². The zero-order chi connectivity index (χ0) is 61.0. The first-order valence-corrected chi connectivity index (χ1v) is 30.4. The Morgan fingerprint density at radius 2 is 0.643 bits per heavy atom.